The van der Waals surface area contributed by atoms with Crippen molar-refractivity contribution in [2.45, 2.75) is 6.42 Å². The fourth-order valence-electron chi connectivity index (χ4n) is 3.00. The molecule has 6 heteroatoms. The van der Waals surface area contributed by atoms with Gasteiger partial charge in [-0.2, -0.15) is 0 Å². The van der Waals surface area contributed by atoms with Gasteiger partial charge in [0, 0.05) is 31.9 Å². The third kappa shape index (κ3) is 4.61. The summed E-state index contributed by atoms with van der Waals surface area (Å²) in [5.74, 6) is 1.59. The van der Waals surface area contributed by atoms with E-state index in [9.17, 15) is 4.79 Å². The molecule has 26 heavy (non-hydrogen) atoms. The first kappa shape index (κ1) is 18.4. The standard InChI is InChI=1S/C20H23ClN2O3/c1-25-19-8-7-16(15-18(19)21)22-10-12-23(13-11-22)20(24)9-14-26-17-5-3-2-4-6-17/h2-8,15H,9-14H2,1H3. The van der Waals surface area contributed by atoms with E-state index in [4.69, 9.17) is 21.1 Å². The Morgan fingerprint density at radius 1 is 1.08 bits per heavy atom. The number of methoxy groups -OCH3 is 1. The summed E-state index contributed by atoms with van der Waals surface area (Å²) in [5.41, 5.74) is 1.05. The first-order valence-electron chi connectivity index (χ1n) is 8.71. The van der Waals surface area contributed by atoms with Gasteiger partial charge in [0.2, 0.25) is 5.91 Å². The van der Waals surface area contributed by atoms with Crippen LogP contribution in [0.2, 0.25) is 5.02 Å². The number of ether oxygens (including phenoxy) is 2. The number of carbonyl (C=O) groups is 1. The van der Waals surface area contributed by atoms with Crippen LogP contribution in [0.25, 0.3) is 0 Å². The Labute approximate surface area is 159 Å². The van der Waals surface area contributed by atoms with E-state index < -0.39 is 0 Å². The highest BCUT2D eigenvalue weighted by Gasteiger charge is 2.21. The molecule has 2 aromatic rings. The first-order valence-corrected chi connectivity index (χ1v) is 9.09. The van der Waals surface area contributed by atoms with Crippen LogP contribution in [0.4, 0.5) is 5.69 Å². The summed E-state index contributed by atoms with van der Waals surface area (Å²) in [6.45, 7) is 3.38. The van der Waals surface area contributed by atoms with Crippen molar-refractivity contribution in [1.82, 2.24) is 4.90 Å². The van der Waals surface area contributed by atoms with E-state index in [1.165, 1.54) is 0 Å². The zero-order valence-electron chi connectivity index (χ0n) is 14.9. The number of benzene rings is 2. The summed E-state index contributed by atoms with van der Waals surface area (Å²) < 4.78 is 10.8. The lowest BCUT2D eigenvalue weighted by Gasteiger charge is -2.36. The average molecular weight is 375 g/mol. The second-order valence-electron chi connectivity index (χ2n) is 6.10. The SMILES string of the molecule is COc1ccc(N2CCN(C(=O)CCOc3ccccc3)CC2)cc1Cl. The Kier molecular flexibility index (Phi) is 6.23. The van der Waals surface area contributed by atoms with Gasteiger partial charge in [-0.3, -0.25) is 4.79 Å². The van der Waals surface area contributed by atoms with Crippen molar-refractivity contribution in [2.75, 3.05) is 44.8 Å². The third-order valence-corrected chi connectivity index (χ3v) is 4.76. The normalized spacial score (nSPS) is 14.2. The minimum atomic E-state index is 0.133. The Balaban J connectivity index is 1.45. The van der Waals surface area contributed by atoms with E-state index in [0.717, 1.165) is 24.5 Å². The number of hydrogen-bond acceptors (Lipinski definition) is 4. The van der Waals surface area contributed by atoms with E-state index in [-0.39, 0.29) is 5.91 Å². The molecule has 2 aromatic carbocycles. The zero-order chi connectivity index (χ0) is 18.4. The zero-order valence-corrected chi connectivity index (χ0v) is 15.6. The van der Waals surface area contributed by atoms with Crippen molar-refractivity contribution in [1.29, 1.82) is 0 Å². The summed E-state index contributed by atoms with van der Waals surface area (Å²) in [6, 6.07) is 15.3. The van der Waals surface area contributed by atoms with Crippen molar-refractivity contribution in [3.8, 4) is 11.5 Å². The molecular weight excluding hydrogens is 352 g/mol. The van der Waals surface area contributed by atoms with E-state index >= 15 is 0 Å². The molecular formula is C20H23ClN2O3. The maximum Gasteiger partial charge on any atom is 0.226 e. The highest BCUT2D eigenvalue weighted by atomic mass is 35.5. The fraction of sp³-hybridized carbons (Fsp3) is 0.350. The predicted octanol–water partition coefficient (Wildman–Crippen LogP) is 3.47. The van der Waals surface area contributed by atoms with Crippen molar-refractivity contribution in [2.24, 2.45) is 0 Å². The first-order chi connectivity index (χ1) is 12.7. The van der Waals surface area contributed by atoms with Gasteiger partial charge in [-0.25, -0.2) is 0 Å². The molecule has 3 rings (SSSR count). The number of anilines is 1. The Morgan fingerprint density at radius 2 is 1.81 bits per heavy atom. The van der Waals surface area contributed by atoms with Crippen LogP contribution in [0.3, 0.4) is 0 Å². The van der Waals surface area contributed by atoms with E-state index in [1.54, 1.807) is 7.11 Å². The maximum absolute atomic E-state index is 12.4. The van der Waals surface area contributed by atoms with Gasteiger partial charge in [0.05, 0.1) is 25.2 Å². The number of para-hydroxylation sites is 1. The minimum Gasteiger partial charge on any atom is -0.495 e. The lowest BCUT2D eigenvalue weighted by atomic mass is 10.2. The number of amides is 1. The summed E-state index contributed by atoms with van der Waals surface area (Å²) in [7, 11) is 1.60. The molecule has 0 radical (unpaired) electrons. The monoisotopic (exact) mass is 374 g/mol. The van der Waals surface area contributed by atoms with Crippen molar-refractivity contribution < 1.29 is 14.3 Å². The lowest BCUT2D eigenvalue weighted by molar-refractivity contribution is -0.132. The van der Waals surface area contributed by atoms with Crippen LogP contribution in [-0.4, -0.2) is 50.7 Å². The molecule has 1 amide bonds. The van der Waals surface area contributed by atoms with Gasteiger partial charge in [-0.05, 0) is 30.3 Å². The molecule has 0 spiro atoms. The molecule has 1 saturated heterocycles. The van der Waals surface area contributed by atoms with Gasteiger partial charge in [-0.1, -0.05) is 29.8 Å². The summed E-state index contributed by atoms with van der Waals surface area (Å²) >= 11 is 6.21. The van der Waals surface area contributed by atoms with Crippen LogP contribution in [0, 0.1) is 0 Å². The molecule has 0 atom stereocenters. The average Bonchev–Trinajstić information content (AvgIpc) is 2.69. The second kappa shape index (κ2) is 8.81. The molecule has 1 heterocycles. The molecule has 138 valence electrons. The third-order valence-electron chi connectivity index (χ3n) is 4.46. The number of nitrogens with zero attached hydrogens (tertiary/aromatic N) is 2. The number of halogens is 1. The van der Waals surface area contributed by atoms with Crippen LogP contribution < -0.4 is 14.4 Å². The van der Waals surface area contributed by atoms with Crippen molar-refractivity contribution in [3.63, 3.8) is 0 Å². The van der Waals surface area contributed by atoms with Crippen molar-refractivity contribution in [3.05, 3.63) is 53.6 Å². The molecule has 0 aliphatic carbocycles. The van der Waals surface area contributed by atoms with E-state index in [0.29, 0.717) is 36.9 Å². The molecule has 0 bridgehead atoms. The maximum atomic E-state index is 12.4. The van der Waals surface area contributed by atoms with Gasteiger partial charge in [0.1, 0.15) is 11.5 Å². The number of carbonyl (C=O) groups excluding carboxylic acids is 1. The van der Waals surface area contributed by atoms with Crippen LogP contribution in [0.15, 0.2) is 48.5 Å². The van der Waals surface area contributed by atoms with Crippen LogP contribution in [-0.2, 0) is 4.79 Å². The van der Waals surface area contributed by atoms with E-state index in [2.05, 4.69) is 4.90 Å². The fourth-order valence-corrected chi connectivity index (χ4v) is 3.25. The summed E-state index contributed by atoms with van der Waals surface area (Å²) in [6.07, 6.45) is 0.392. The molecule has 5 nitrogen and oxygen atoms in total. The Morgan fingerprint density at radius 3 is 2.46 bits per heavy atom. The predicted molar refractivity (Wildman–Crippen MR) is 103 cm³/mol. The smallest absolute Gasteiger partial charge is 0.226 e. The van der Waals surface area contributed by atoms with Gasteiger partial charge in [0.15, 0.2) is 0 Å². The Bertz CT molecular complexity index is 731. The quantitative estimate of drug-likeness (QED) is 0.776. The molecule has 1 aliphatic rings. The second-order valence-corrected chi connectivity index (χ2v) is 6.51. The molecule has 1 aliphatic heterocycles. The Hall–Kier alpha value is -2.40. The highest BCUT2D eigenvalue weighted by molar-refractivity contribution is 6.32. The molecule has 1 fully saturated rings. The minimum absolute atomic E-state index is 0.133. The van der Waals surface area contributed by atoms with Gasteiger partial charge < -0.3 is 19.3 Å². The van der Waals surface area contributed by atoms with Gasteiger partial charge in [-0.15, -0.1) is 0 Å². The van der Waals surface area contributed by atoms with Crippen LogP contribution in [0.5, 0.6) is 11.5 Å². The molecule has 0 aromatic heterocycles. The topological polar surface area (TPSA) is 42.0 Å². The van der Waals surface area contributed by atoms with Crippen LogP contribution in [0.1, 0.15) is 6.42 Å². The molecule has 0 unspecified atom stereocenters. The lowest BCUT2D eigenvalue weighted by Crippen LogP contribution is -2.49. The van der Waals surface area contributed by atoms with Gasteiger partial charge in [0.25, 0.3) is 0 Å². The summed E-state index contributed by atoms with van der Waals surface area (Å²) in [5, 5.41) is 0.599. The summed E-state index contributed by atoms with van der Waals surface area (Å²) in [4.78, 5) is 16.5. The van der Waals surface area contributed by atoms with Crippen molar-refractivity contribution >= 4 is 23.2 Å². The number of piperazine rings is 1. The van der Waals surface area contributed by atoms with E-state index in [1.807, 2.05) is 53.4 Å². The number of hydrogen-bond donors (Lipinski definition) is 0. The number of rotatable bonds is 6. The van der Waals surface area contributed by atoms with Crippen LogP contribution >= 0.6 is 11.6 Å². The molecule has 0 N–H and O–H groups in total. The molecule has 0 saturated carbocycles. The largest absolute Gasteiger partial charge is 0.495 e. The van der Waals surface area contributed by atoms with Gasteiger partial charge >= 0.3 is 0 Å². The highest BCUT2D eigenvalue weighted by Crippen LogP contribution is 2.29.